The van der Waals surface area contributed by atoms with Gasteiger partial charge in [0, 0.05) is 37.7 Å². The van der Waals surface area contributed by atoms with Crippen molar-refractivity contribution in [2.45, 2.75) is 44.1 Å². The van der Waals surface area contributed by atoms with Gasteiger partial charge < -0.3 is 9.64 Å². The molecule has 3 heterocycles. The number of carbonyl (C=O) groups is 1. The first-order valence-corrected chi connectivity index (χ1v) is 8.97. The van der Waals surface area contributed by atoms with E-state index in [1.807, 2.05) is 35.0 Å². The van der Waals surface area contributed by atoms with Gasteiger partial charge in [0.05, 0.1) is 17.5 Å². The quantitative estimate of drug-likeness (QED) is 0.836. The lowest BCUT2D eigenvalue weighted by molar-refractivity contribution is -0.137. The molecular formula is C17H24N2O2S. The van der Waals surface area contributed by atoms with E-state index < -0.39 is 0 Å². The van der Waals surface area contributed by atoms with E-state index in [0.29, 0.717) is 31.0 Å². The number of thioether (sulfide) groups is 1. The van der Waals surface area contributed by atoms with E-state index in [9.17, 15) is 4.79 Å². The third kappa shape index (κ3) is 3.63. The topological polar surface area (TPSA) is 42.4 Å². The molecule has 0 aliphatic carbocycles. The monoisotopic (exact) mass is 320 g/mol. The number of rotatable bonds is 5. The number of pyridine rings is 1. The second-order valence-electron chi connectivity index (χ2n) is 6.84. The number of ether oxygens (including phenoxy) is 1. The van der Waals surface area contributed by atoms with Crippen molar-refractivity contribution in [2.75, 3.05) is 18.8 Å². The fourth-order valence-electron chi connectivity index (χ4n) is 3.13. The third-order valence-electron chi connectivity index (χ3n) is 4.28. The number of nitrogens with zero attached hydrogens (tertiary/aromatic N) is 2. The zero-order valence-corrected chi connectivity index (χ0v) is 14.1. The first-order valence-electron chi connectivity index (χ1n) is 7.98. The maximum atomic E-state index is 12.0. The lowest BCUT2D eigenvalue weighted by Gasteiger charge is -2.47. The molecule has 1 amide bonds. The Hall–Kier alpha value is -1.07. The fraction of sp³-hybridized carbons (Fsp3) is 0.647. The van der Waals surface area contributed by atoms with Crippen LogP contribution in [0, 0.1) is 5.92 Å². The molecule has 0 bridgehead atoms. The van der Waals surface area contributed by atoms with Gasteiger partial charge in [-0.3, -0.25) is 9.78 Å². The molecule has 1 aromatic heterocycles. The smallest absolute Gasteiger partial charge is 0.222 e. The molecule has 3 rings (SSSR count). The lowest BCUT2D eigenvalue weighted by Crippen LogP contribution is -2.60. The highest BCUT2D eigenvalue weighted by Crippen LogP contribution is 2.46. The van der Waals surface area contributed by atoms with Gasteiger partial charge in [-0.25, -0.2) is 0 Å². The number of amides is 1. The van der Waals surface area contributed by atoms with Crippen LogP contribution >= 0.6 is 11.8 Å². The molecule has 2 fully saturated rings. The van der Waals surface area contributed by atoms with Crippen molar-refractivity contribution in [3.8, 4) is 0 Å². The van der Waals surface area contributed by atoms with E-state index in [2.05, 4.69) is 18.8 Å². The summed E-state index contributed by atoms with van der Waals surface area (Å²) in [4.78, 5) is 18.2. The maximum absolute atomic E-state index is 12.0. The molecule has 0 aromatic carbocycles. The molecule has 2 aliphatic rings. The molecule has 0 saturated carbocycles. The van der Waals surface area contributed by atoms with Gasteiger partial charge in [0.2, 0.25) is 5.91 Å². The van der Waals surface area contributed by atoms with Gasteiger partial charge in [-0.05, 0) is 24.0 Å². The van der Waals surface area contributed by atoms with E-state index >= 15 is 0 Å². The molecule has 2 aliphatic heterocycles. The minimum absolute atomic E-state index is 0.256. The summed E-state index contributed by atoms with van der Waals surface area (Å²) in [6.07, 6.45) is 5.66. The average Bonchev–Trinajstić information content (AvgIpc) is 2.88. The standard InChI is InChI=1S/C17H24N2O2S/c1-13(2)6-16(20)19-11-17(12-19)7-15(10-22-17)21-9-14-4-3-5-18-8-14/h3-5,8,13,15H,6-7,9-12H2,1-2H3/t15-/m0/s1. The number of hydrogen-bond donors (Lipinski definition) is 0. The molecule has 2 saturated heterocycles. The molecule has 22 heavy (non-hydrogen) atoms. The van der Waals surface area contributed by atoms with Crippen molar-refractivity contribution in [1.82, 2.24) is 9.88 Å². The Labute approximate surface area is 136 Å². The van der Waals surface area contributed by atoms with Crippen LogP contribution in [0.4, 0.5) is 0 Å². The first-order chi connectivity index (χ1) is 10.6. The van der Waals surface area contributed by atoms with Crippen molar-refractivity contribution in [1.29, 1.82) is 0 Å². The van der Waals surface area contributed by atoms with Crippen molar-refractivity contribution >= 4 is 17.7 Å². The van der Waals surface area contributed by atoms with Crippen LogP contribution in [-0.2, 0) is 16.1 Å². The molecule has 0 radical (unpaired) electrons. The SMILES string of the molecule is CC(C)CC(=O)N1CC2(C[C@H](OCc3cccnc3)CS2)C1. The van der Waals surface area contributed by atoms with Crippen LogP contribution in [0.1, 0.15) is 32.3 Å². The third-order valence-corrected chi connectivity index (χ3v) is 5.85. The highest BCUT2D eigenvalue weighted by molar-refractivity contribution is 8.01. The summed E-state index contributed by atoms with van der Waals surface area (Å²) in [6.45, 7) is 6.62. The zero-order valence-electron chi connectivity index (χ0n) is 13.3. The van der Waals surface area contributed by atoms with Crippen LogP contribution in [0.5, 0.6) is 0 Å². The minimum atomic E-state index is 0.256. The highest BCUT2D eigenvalue weighted by Gasteiger charge is 2.50. The van der Waals surface area contributed by atoms with Crippen LogP contribution in [0.3, 0.4) is 0 Å². The second kappa shape index (κ2) is 6.59. The van der Waals surface area contributed by atoms with Crippen LogP contribution in [-0.4, -0.2) is 45.5 Å². The molecule has 5 heteroatoms. The molecule has 1 spiro atoms. The Morgan fingerprint density at radius 3 is 3.05 bits per heavy atom. The summed E-state index contributed by atoms with van der Waals surface area (Å²) >= 11 is 1.98. The van der Waals surface area contributed by atoms with Gasteiger partial charge in [0.25, 0.3) is 0 Å². The number of hydrogen-bond acceptors (Lipinski definition) is 4. The van der Waals surface area contributed by atoms with Crippen LogP contribution in [0.2, 0.25) is 0 Å². The van der Waals surface area contributed by atoms with Gasteiger partial charge in [-0.1, -0.05) is 19.9 Å². The van der Waals surface area contributed by atoms with Gasteiger partial charge >= 0.3 is 0 Å². The van der Waals surface area contributed by atoms with E-state index in [4.69, 9.17) is 4.74 Å². The number of likely N-dealkylation sites (tertiary alicyclic amines) is 1. The summed E-state index contributed by atoms with van der Waals surface area (Å²) in [6, 6.07) is 3.98. The summed E-state index contributed by atoms with van der Waals surface area (Å²) in [7, 11) is 0. The minimum Gasteiger partial charge on any atom is -0.373 e. The molecule has 4 nitrogen and oxygen atoms in total. The second-order valence-corrected chi connectivity index (χ2v) is 8.33. The van der Waals surface area contributed by atoms with Gasteiger partial charge in [0.1, 0.15) is 0 Å². The molecule has 0 unspecified atom stereocenters. The largest absolute Gasteiger partial charge is 0.373 e. The summed E-state index contributed by atoms with van der Waals surface area (Å²) in [5, 5.41) is 0. The summed E-state index contributed by atoms with van der Waals surface area (Å²) < 4.78 is 6.27. The van der Waals surface area contributed by atoms with Crippen LogP contribution in [0.25, 0.3) is 0 Å². The summed E-state index contributed by atoms with van der Waals surface area (Å²) in [5.74, 6) is 1.78. The fourth-order valence-corrected chi connectivity index (χ4v) is 4.68. The van der Waals surface area contributed by atoms with E-state index in [-0.39, 0.29) is 4.75 Å². The van der Waals surface area contributed by atoms with Crippen LogP contribution < -0.4 is 0 Å². The Morgan fingerprint density at radius 1 is 1.55 bits per heavy atom. The average molecular weight is 320 g/mol. The lowest BCUT2D eigenvalue weighted by atomic mass is 9.92. The van der Waals surface area contributed by atoms with E-state index in [1.54, 1.807) is 6.20 Å². The molecular weight excluding hydrogens is 296 g/mol. The van der Waals surface area contributed by atoms with Crippen molar-refractivity contribution in [2.24, 2.45) is 5.92 Å². The Kier molecular flexibility index (Phi) is 4.73. The van der Waals surface area contributed by atoms with Crippen LogP contribution in [0.15, 0.2) is 24.5 Å². The normalized spacial score (nSPS) is 23.0. The molecule has 120 valence electrons. The van der Waals surface area contributed by atoms with Gasteiger partial charge in [-0.15, -0.1) is 11.8 Å². The predicted octanol–water partition coefficient (Wildman–Crippen LogP) is 2.73. The first kappa shape index (κ1) is 15.8. The van der Waals surface area contributed by atoms with E-state index in [1.165, 1.54) is 0 Å². The molecule has 1 atom stereocenters. The zero-order chi connectivity index (χ0) is 15.6. The Balaban J connectivity index is 1.43. The molecule has 1 aromatic rings. The Bertz CT molecular complexity index is 515. The molecule has 0 N–H and O–H groups in total. The number of carbonyl (C=O) groups excluding carboxylic acids is 1. The highest BCUT2D eigenvalue weighted by atomic mass is 32.2. The van der Waals surface area contributed by atoms with Crippen molar-refractivity contribution in [3.63, 3.8) is 0 Å². The maximum Gasteiger partial charge on any atom is 0.222 e. The predicted molar refractivity (Wildman–Crippen MR) is 88.7 cm³/mol. The van der Waals surface area contributed by atoms with Gasteiger partial charge in [0.15, 0.2) is 0 Å². The number of aromatic nitrogens is 1. The van der Waals surface area contributed by atoms with Gasteiger partial charge in [-0.2, -0.15) is 0 Å². The van der Waals surface area contributed by atoms with Crippen molar-refractivity contribution in [3.05, 3.63) is 30.1 Å². The Morgan fingerprint density at radius 2 is 2.36 bits per heavy atom. The summed E-state index contributed by atoms with van der Waals surface area (Å²) in [5.41, 5.74) is 1.12. The van der Waals surface area contributed by atoms with Crippen molar-refractivity contribution < 1.29 is 9.53 Å². The van der Waals surface area contributed by atoms with E-state index in [0.717, 1.165) is 30.8 Å².